The number of rotatable bonds is 2. The molecule has 104 valence electrons. The van der Waals surface area contributed by atoms with Gasteiger partial charge in [0.1, 0.15) is 0 Å². The molecule has 2 aromatic heterocycles. The van der Waals surface area contributed by atoms with E-state index in [9.17, 15) is 18.0 Å². The van der Waals surface area contributed by atoms with Crippen molar-refractivity contribution in [2.45, 2.75) is 6.18 Å². The summed E-state index contributed by atoms with van der Waals surface area (Å²) in [6.45, 7) is 0. The van der Waals surface area contributed by atoms with Gasteiger partial charge in [0, 0.05) is 18.0 Å². The van der Waals surface area contributed by atoms with Gasteiger partial charge in [0.15, 0.2) is 11.0 Å². The van der Waals surface area contributed by atoms with Crippen molar-refractivity contribution in [3.8, 4) is 11.4 Å². The number of nitrogens with zero attached hydrogens (tertiary/aromatic N) is 3. The molecule has 5 nitrogen and oxygen atoms in total. The van der Waals surface area contributed by atoms with Crippen molar-refractivity contribution in [1.82, 2.24) is 15.0 Å². The maximum absolute atomic E-state index is 12.1. The molecule has 1 amide bonds. The summed E-state index contributed by atoms with van der Waals surface area (Å²) in [5.41, 5.74) is 0.227. The fourth-order valence-corrected chi connectivity index (χ4v) is 1.45. The second-order valence-electron chi connectivity index (χ2n) is 3.59. The van der Waals surface area contributed by atoms with Crippen molar-refractivity contribution in [2.24, 2.45) is 0 Å². The Bertz CT molecular complexity index is 633. The first kappa shape index (κ1) is 14.2. The lowest BCUT2D eigenvalue weighted by molar-refractivity contribution is -0.167. The molecule has 2 heterocycles. The van der Waals surface area contributed by atoms with Gasteiger partial charge < -0.3 is 5.32 Å². The molecule has 0 radical (unpaired) electrons. The Balaban J connectivity index is 2.25. The van der Waals surface area contributed by atoms with Crippen molar-refractivity contribution in [1.29, 1.82) is 0 Å². The summed E-state index contributed by atoms with van der Waals surface area (Å²) in [6.07, 6.45) is -0.991. The second-order valence-corrected chi connectivity index (χ2v) is 3.95. The largest absolute Gasteiger partial charge is 0.471 e. The molecule has 0 aliphatic heterocycles. The number of amides is 1. The average Bonchev–Trinajstić information content (AvgIpc) is 2.41. The summed E-state index contributed by atoms with van der Waals surface area (Å²) < 4.78 is 36.3. The van der Waals surface area contributed by atoms with Gasteiger partial charge in [0.05, 0.1) is 11.9 Å². The molecule has 0 saturated heterocycles. The summed E-state index contributed by atoms with van der Waals surface area (Å²) in [5, 5.41) is 1.30. The predicted octanol–water partition coefficient (Wildman–Crippen LogP) is 2.69. The number of aromatic nitrogens is 3. The Morgan fingerprint density at radius 3 is 2.60 bits per heavy atom. The van der Waals surface area contributed by atoms with E-state index in [1.165, 1.54) is 6.20 Å². The first-order valence-corrected chi connectivity index (χ1v) is 5.57. The molecule has 2 aromatic rings. The number of nitrogens with one attached hydrogen (secondary N) is 1. The molecule has 2 rings (SSSR count). The van der Waals surface area contributed by atoms with Crippen molar-refractivity contribution in [2.75, 3.05) is 5.32 Å². The van der Waals surface area contributed by atoms with Gasteiger partial charge in [-0.25, -0.2) is 9.97 Å². The zero-order chi connectivity index (χ0) is 14.8. The molecule has 0 bridgehead atoms. The highest BCUT2D eigenvalue weighted by Crippen LogP contribution is 2.24. The molecular weight excluding hydrogens is 297 g/mol. The molecule has 0 fully saturated rings. The quantitative estimate of drug-likeness (QED) is 0.866. The summed E-state index contributed by atoms with van der Waals surface area (Å²) in [4.78, 5) is 22.3. The lowest BCUT2D eigenvalue weighted by atomic mass is 10.3. The number of anilines is 1. The van der Waals surface area contributed by atoms with Gasteiger partial charge in [0.25, 0.3) is 0 Å². The molecule has 0 saturated carbocycles. The minimum absolute atomic E-state index is 0.188. The third kappa shape index (κ3) is 3.21. The van der Waals surface area contributed by atoms with Crippen molar-refractivity contribution in [3.05, 3.63) is 35.9 Å². The van der Waals surface area contributed by atoms with Gasteiger partial charge in [-0.15, -0.1) is 0 Å². The first-order valence-electron chi connectivity index (χ1n) is 5.19. The number of alkyl halides is 3. The number of carbonyl (C=O) groups is 1. The molecule has 0 unspecified atom stereocenters. The van der Waals surface area contributed by atoms with Crippen LogP contribution in [0.1, 0.15) is 0 Å². The van der Waals surface area contributed by atoms with Crippen molar-refractivity contribution < 1.29 is 18.0 Å². The third-order valence-electron chi connectivity index (χ3n) is 2.17. The molecule has 20 heavy (non-hydrogen) atoms. The summed E-state index contributed by atoms with van der Waals surface area (Å²) in [7, 11) is 0. The van der Waals surface area contributed by atoms with Gasteiger partial charge >= 0.3 is 12.1 Å². The predicted molar refractivity (Wildman–Crippen MR) is 65.0 cm³/mol. The first-order chi connectivity index (χ1) is 9.38. The van der Waals surface area contributed by atoms with Crippen LogP contribution < -0.4 is 5.32 Å². The highest BCUT2D eigenvalue weighted by molar-refractivity contribution is 6.32. The Kier molecular flexibility index (Phi) is 3.84. The van der Waals surface area contributed by atoms with Gasteiger partial charge in [-0.2, -0.15) is 13.2 Å². The fourth-order valence-electron chi connectivity index (χ4n) is 1.27. The van der Waals surface area contributed by atoms with E-state index in [2.05, 4.69) is 15.0 Å². The van der Waals surface area contributed by atoms with E-state index >= 15 is 0 Å². The van der Waals surface area contributed by atoms with Crippen LogP contribution in [0.25, 0.3) is 11.4 Å². The zero-order valence-corrected chi connectivity index (χ0v) is 10.4. The Morgan fingerprint density at radius 1 is 1.30 bits per heavy atom. The van der Waals surface area contributed by atoms with E-state index in [4.69, 9.17) is 11.6 Å². The molecular formula is C11H6ClF3N4O. The maximum Gasteiger partial charge on any atom is 0.471 e. The minimum atomic E-state index is -5.01. The van der Waals surface area contributed by atoms with E-state index in [1.807, 2.05) is 0 Å². The standard InChI is InChI=1S/C11H6ClF3N4O/c12-8-7(18-10(20)11(13,14)15)5-17-9(19-8)6-2-1-3-16-4-6/h1-5H,(H,18,20). The number of hydrogen-bond donors (Lipinski definition) is 1. The van der Waals surface area contributed by atoms with Crippen LogP contribution in [-0.2, 0) is 4.79 Å². The molecule has 1 N–H and O–H groups in total. The van der Waals surface area contributed by atoms with Gasteiger partial charge in [-0.05, 0) is 12.1 Å². The van der Waals surface area contributed by atoms with Crippen molar-refractivity contribution >= 4 is 23.2 Å². The van der Waals surface area contributed by atoms with E-state index in [-0.39, 0.29) is 16.7 Å². The summed E-state index contributed by atoms with van der Waals surface area (Å²) in [6, 6.07) is 3.30. The summed E-state index contributed by atoms with van der Waals surface area (Å²) >= 11 is 5.72. The third-order valence-corrected chi connectivity index (χ3v) is 2.46. The lowest BCUT2D eigenvalue weighted by Gasteiger charge is -2.09. The van der Waals surface area contributed by atoms with Crippen LogP contribution in [0.15, 0.2) is 30.7 Å². The molecule has 0 spiro atoms. The zero-order valence-electron chi connectivity index (χ0n) is 9.65. The smallest absolute Gasteiger partial charge is 0.314 e. The van der Waals surface area contributed by atoms with Crippen LogP contribution >= 0.6 is 11.6 Å². The highest BCUT2D eigenvalue weighted by Gasteiger charge is 2.39. The molecule has 0 atom stereocenters. The monoisotopic (exact) mass is 302 g/mol. The van der Waals surface area contributed by atoms with Crippen molar-refractivity contribution in [3.63, 3.8) is 0 Å². The number of carbonyl (C=O) groups excluding carboxylic acids is 1. The Labute approximate surface area is 115 Å². The highest BCUT2D eigenvalue weighted by atomic mass is 35.5. The minimum Gasteiger partial charge on any atom is -0.314 e. The molecule has 9 heteroatoms. The number of pyridine rings is 1. The van der Waals surface area contributed by atoms with Crippen LogP contribution in [0.3, 0.4) is 0 Å². The van der Waals surface area contributed by atoms with E-state index in [0.29, 0.717) is 5.56 Å². The van der Waals surface area contributed by atoms with Crippen LogP contribution in [-0.4, -0.2) is 27.0 Å². The molecule has 0 aliphatic rings. The SMILES string of the molecule is O=C(Nc1cnc(-c2cccnc2)nc1Cl)C(F)(F)F. The second kappa shape index (κ2) is 5.41. The molecule has 0 aromatic carbocycles. The maximum atomic E-state index is 12.1. The average molecular weight is 303 g/mol. The van der Waals surface area contributed by atoms with Gasteiger partial charge in [-0.3, -0.25) is 9.78 Å². The number of halogens is 4. The summed E-state index contributed by atoms with van der Waals surface area (Å²) in [5.74, 6) is -1.95. The van der Waals surface area contributed by atoms with Gasteiger partial charge in [0.2, 0.25) is 0 Å². The van der Waals surface area contributed by atoms with E-state index in [0.717, 1.165) is 6.20 Å². The van der Waals surface area contributed by atoms with Gasteiger partial charge in [-0.1, -0.05) is 11.6 Å². The van der Waals surface area contributed by atoms with Crippen LogP contribution in [0.4, 0.5) is 18.9 Å². The van der Waals surface area contributed by atoms with Crippen LogP contribution in [0, 0.1) is 0 Å². The number of hydrogen-bond acceptors (Lipinski definition) is 4. The fraction of sp³-hybridized carbons (Fsp3) is 0.0909. The Morgan fingerprint density at radius 2 is 2.05 bits per heavy atom. The van der Waals surface area contributed by atoms with E-state index in [1.54, 1.807) is 23.6 Å². The lowest BCUT2D eigenvalue weighted by Crippen LogP contribution is -2.30. The van der Waals surface area contributed by atoms with E-state index < -0.39 is 12.1 Å². The topological polar surface area (TPSA) is 67.8 Å². The van der Waals surface area contributed by atoms with Crippen LogP contribution in [0.5, 0.6) is 0 Å². The molecule has 0 aliphatic carbocycles. The Hall–Kier alpha value is -2.22. The van der Waals surface area contributed by atoms with Crippen LogP contribution in [0.2, 0.25) is 5.15 Å². The normalized spacial score (nSPS) is 11.2.